The first kappa shape index (κ1) is 17.3. The van der Waals surface area contributed by atoms with E-state index in [1.165, 1.54) is 11.1 Å². The Morgan fingerprint density at radius 3 is 2.96 bits per heavy atom. The lowest BCUT2D eigenvalue weighted by Crippen LogP contribution is -2.43. The van der Waals surface area contributed by atoms with E-state index < -0.39 is 0 Å². The van der Waals surface area contributed by atoms with Gasteiger partial charge in [-0.05, 0) is 50.5 Å². The smallest absolute Gasteiger partial charge is 0.315 e. The molecule has 1 aromatic heterocycles. The number of ether oxygens (including phenoxy) is 1. The fraction of sp³-hybridized carbons (Fsp3) is 0.474. The monoisotopic (exact) mass is 342 g/mol. The standard InChI is InChI=1S/C19H26N4O2/c1-13-10-15(3)23(22-13)12-14(2)21-19(24)20-8-6-16-4-5-18-17(11-16)7-9-25-18/h4-5,10-11,14H,6-9,12H2,1-3H3,(H2,20,21,24)/t14-/m1/s1. The second-order valence-electron chi connectivity index (χ2n) is 6.70. The molecule has 0 unspecified atom stereocenters. The van der Waals surface area contributed by atoms with Gasteiger partial charge in [-0.2, -0.15) is 5.10 Å². The lowest BCUT2D eigenvalue weighted by Gasteiger charge is -2.15. The molecule has 1 aromatic carbocycles. The largest absolute Gasteiger partial charge is 0.493 e. The second-order valence-corrected chi connectivity index (χ2v) is 6.70. The van der Waals surface area contributed by atoms with Crippen LogP contribution in [0.3, 0.4) is 0 Å². The number of amides is 2. The number of aryl methyl sites for hydroxylation is 2. The molecule has 1 atom stereocenters. The minimum Gasteiger partial charge on any atom is -0.493 e. The highest BCUT2D eigenvalue weighted by Gasteiger charge is 2.12. The van der Waals surface area contributed by atoms with Crippen LogP contribution < -0.4 is 15.4 Å². The van der Waals surface area contributed by atoms with Gasteiger partial charge in [0.2, 0.25) is 0 Å². The van der Waals surface area contributed by atoms with Crippen molar-refractivity contribution in [3.05, 3.63) is 46.8 Å². The highest BCUT2D eigenvalue weighted by molar-refractivity contribution is 5.74. The van der Waals surface area contributed by atoms with Crippen molar-refractivity contribution in [1.29, 1.82) is 0 Å². The first-order valence-corrected chi connectivity index (χ1v) is 8.81. The molecule has 0 bridgehead atoms. The Kier molecular flexibility index (Phi) is 5.26. The molecule has 6 nitrogen and oxygen atoms in total. The van der Waals surface area contributed by atoms with Gasteiger partial charge in [0.15, 0.2) is 0 Å². The summed E-state index contributed by atoms with van der Waals surface area (Å²) in [5, 5.41) is 10.3. The molecule has 1 aliphatic rings. The van der Waals surface area contributed by atoms with Crippen molar-refractivity contribution in [1.82, 2.24) is 20.4 Å². The van der Waals surface area contributed by atoms with Gasteiger partial charge in [-0.3, -0.25) is 4.68 Å². The molecule has 0 fully saturated rings. The lowest BCUT2D eigenvalue weighted by atomic mass is 10.1. The molecule has 134 valence electrons. The van der Waals surface area contributed by atoms with Crippen LogP contribution in [-0.2, 0) is 19.4 Å². The summed E-state index contributed by atoms with van der Waals surface area (Å²) in [7, 11) is 0. The van der Waals surface area contributed by atoms with Gasteiger partial charge in [0.05, 0.1) is 18.8 Å². The molecule has 3 rings (SSSR count). The maximum Gasteiger partial charge on any atom is 0.315 e. The van der Waals surface area contributed by atoms with E-state index in [1.807, 2.05) is 37.6 Å². The molecule has 0 spiro atoms. The lowest BCUT2D eigenvalue weighted by molar-refractivity contribution is 0.236. The molecular weight excluding hydrogens is 316 g/mol. The average molecular weight is 342 g/mol. The quantitative estimate of drug-likeness (QED) is 0.847. The van der Waals surface area contributed by atoms with Crippen LogP contribution in [-0.4, -0.2) is 35.0 Å². The van der Waals surface area contributed by atoms with Crippen molar-refractivity contribution in [2.45, 2.75) is 46.2 Å². The number of rotatable bonds is 6. The van der Waals surface area contributed by atoms with Gasteiger partial charge in [-0.25, -0.2) is 4.79 Å². The average Bonchev–Trinajstić information content (AvgIpc) is 3.13. The second kappa shape index (κ2) is 7.59. The van der Waals surface area contributed by atoms with E-state index in [4.69, 9.17) is 4.74 Å². The molecular formula is C19H26N4O2. The summed E-state index contributed by atoms with van der Waals surface area (Å²) in [5.41, 5.74) is 4.58. The highest BCUT2D eigenvalue weighted by Crippen LogP contribution is 2.25. The number of hydrogen-bond acceptors (Lipinski definition) is 3. The summed E-state index contributed by atoms with van der Waals surface area (Å²) in [6.45, 7) is 8.02. The maximum atomic E-state index is 12.0. The number of nitrogens with one attached hydrogen (secondary N) is 2. The van der Waals surface area contributed by atoms with E-state index in [1.54, 1.807) is 0 Å². The number of carbonyl (C=O) groups excluding carboxylic acids is 1. The number of fused-ring (bicyclic) bond motifs is 1. The molecule has 0 aliphatic carbocycles. The Morgan fingerprint density at radius 2 is 2.20 bits per heavy atom. The highest BCUT2D eigenvalue weighted by atomic mass is 16.5. The number of carbonyl (C=O) groups is 1. The van der Waals surface area contributed by atoms with Crippen LogP contribution in [0.2, 0.25) is 0 Å². The normalized spacial score (nSPS) is 13.9. The van der Waals surface area contributed by atoms with Crippen molar-refractivity contribution in [2.24, 2.45) is 0 Å². The third kappa shape index (κ3) is 4.53. The Labute approximate surface area is 148 Å². The SMILES string of the molecule is Cc1cc(C)n(C[C@@H](C)NC(=O)NCCc2ccc3c(c2)CCO3)n1. The molecule has 2 N–H and O–H groups in total. The topological polar surface area (TPSA) is 68.2 Å². The molecule has 25 heavy (non-hydrogen) atoms. The predicted molar refractivity (Wildman–Crippen MR) is 97.0 cm³/mol. The Bertz CT molecular complexity index is 754. The molecule has 2 heterocycles. The first-order valence-electron chi connectivity index (χ1n) is 8.81. The fourth-order valence-corrected chi connectivity index (χ4v) is 3.16. The third-order valence-corrected chi connectivity index (χ3v) is 4.38. The van der Waals surface area contributed by atoms with Crippen LogP contribution >= 0.6 is 0 Å². The van der Waals surface area contributed by atoms with Gasteiger partial charge < -0.3 is 15.4 Å². The summed E-state index contributed by atoms with van der Waals surface area (Å²) in [4.78, 5) is 12.0. The Balaban J connectivity index is 1.41. The molecule has 0 radical (unpaired) electrons. The van der Waals surface area contributed by atoms with Gasteiger partial charge >= 0.3 is 6.03 Å². The van der Waals surface area contributed by atoms with E-state index in [9.17, 15) is 4.79 Å². The summed E-state index contributed by atoms with van der Waals surface area (Å²) in [6.07, 6.45) is 1.79. The predicted octanol–water partition coefficient (Wildman–Crippen LogP) is 2.37. The van der Waals surface area contributed by atoms with E-state index in [2.05, 4.69) is 27.9 Å². The van der Waals surface area contributed by atoms with Gasteiger partial charge in [0.25, 0.3) is 0 Å². The van der Waals surface area contributed by atoms with Crippen LogP contribution in [0, 0.1) is 13.8 Å². The molecule has 1 aliphatic heterocycles. The van der Waals surface area contributed by atoms with E-state index in [-0.39, 0.29) is 12.1 Å². The molecule has 6 heteroatoms. The third-order valence-electron chi connectivity index (χ3n) is 4.38. The van der Waals surface area contributed by atoms with Crippen molar-refractivity contribution < 1.29 is 9.53 Å². The van der Waals surface area contributed by atoms with E-state index >= 15 is 0 Å². The molecule has 0 saturated heterocycles. The van der Waals surface area contributed by atoms with Crippen molar-refractivity contribution in [3.63, 3.8) is 0 Å². The number of benzene rings is 1. The summed E-state index contributed by atoms with van der Waals surface area (Å²) in [5.74, 6) is 0.993. The fourth-order valence-electron chi connectivity index (χ4n) is 3.16. The molecule has 0 saturated carbocycles. The summed E-state index contributed by atoms with van der Waals surface area (Å²) in [6, 6.07) is 8.17. The van der Waals surface area contributed by atoms with Gasteiger partial charge in [0, 0.05) is 24.7 Å². The zero-order valence-corrected chi connectivity index (χ0v) is 15.1. The first-order chi connectivity index (χ1) is 12.0. The Hall–Kier alpha value is -2.50. The number of hydrogen-bond donors (Lipinski definition) is 2. The van der Waals surface area contributed by atoms with Gasteiger partial charge in [-0.15, -0.1) is 0 Å². The van der Waals surface area contributed by atoms with Crippen LogP contribution in [0.4, 0.5) is 4.79 Å². The minimum absolute atomic E-state index is 0.00939. The summed E-state index contributed by atoms with van der Waals surface area (Å²) >= 11 is 0. The van der Waals surface area contributed by atoms with Crippen molar-refractivity contribution in [2.75, 3.05) is 13.2 Å². The van der Waals surface area contributed by atoms with Crippen LogP contribution in [0.25, 0.3) is 0 Å². The van der Waals surface area contributed by atoms with Crippen LogP contribution in [0.15, 0.2) is 24.3 Å². The summed E-state index contributed by atoms with van der Waals surface area (Å²) < 4.78 is 7.44. The van der Waals surface area contributed by atoms with E-state index in [0.717, 1.165) is 36.6 Å². The number of nitrogens with zero attached hydrogens (tertiary/aromatic N) is 2. The Morgan fingerprint density at radius 1 is 1.36 bits per heavy atom. The zero-order valence-electron chi connectivity index (χ0n) is 15.1. The minimum atomic E-state index is -0.140. The van der Waals surface area contributed by atoms with Crippen LogP contribution in [0.5, 0.6) is 5.75 Å². The van der Waals surface area contributed by atoms with Crippen molar-refractivity contribution >= 4 is 6.03 Å². The zero-order chi connectivity index (χ0) is 17.8. The maximum absolute atomic E-state index is 12.0. The number of urea groups is 1. The van der Waals surface area contributed by atoms with Crippen molar-refractivity contribution in [3.8, 4) is 5.75 Å². The van der Waals surface area contributed by atoms with Gasteiger partial charge in [0.1, 0.15) is 5.75 Å². The van der Waals surface area contributed by atoms with Gasteiger partial charge in [-0.1, -0.05) is 12.1 Å². The van der Waals surface area contributed by atoms with E-state index in [0.29, 0.717) is 13.1 Å². The molecule has 2 aromatic rings. The van der Waals surface area contributed by atoms with Crippen LogP contribution in [0.1, 0.15) is 29.4 Å². The number of aromatic nitrogens is 2. The molecule has 2 amide bonds.